The van der Waals surface area contributed by atoms with Crippen LogP contribution in [0.3, 0.4) is 0 Å². The molecule has 0 fully saturated rings. The molecule has 0 aliphatic rings. The Balaban J connectivity index is 3.79. The van der Waals surface area contributed by atoms with Gasteiger partial charge in [-0.05, 0) is 46.1 Å². The topological polar surface area (TPSA) is 18.5 Å². The van der Waals surface area contributed by atoms with Crippen LogP contribution in [0, 0.1) is 5.41 Å². The first kappa shape index (κ1) is 16.9. The van der Waals surface area contributed by atoms with Crippen LogP contribution in [0.1, 0.15) is 34.1 Å². The van der Waals surface area contributed by atoms with E-state index in [9.17, 15) is 0 Å². The predicted molar refractivity (Wildman–Crippen MR) is 77.6 cm³/mol. The summed E-state index contributed by atoms with van der Waals surface area (Å²) in [7, 11) is 6.50. The van der Waals surface area contributed by atoms with Gasteiger partial charge in [0.1, 0.15) is 0 Å². The van der Waals surface area contributed by atoms with E-state index in [1.165, 1.54) is 19.5 Å². The Morgan fingerprint density at radius 3 is 2.12 bits per heavy atom. The summed E-state index contributed by atoms with van der Waals surface area (Å²) >= 11 is 0. The summed E-state index contributed by atoms with van der Waals surface area (Å²) in [4.78, 5) is 4.70. The molecule has 0 aromatic rings. The molecule has 0 spiro atoms. The van der Waals surface area contributed by atoms with Crippen LogP contribution in [0.2, 0.25) is 0 Å². The van der Waals surface area contributed by atoms with Crippen LogP contribution in [0.5, 0.6) is 0 Å². The zero-order valence-electron chi connectivity index (χ0n) is 13.0. The van der Waals surface area contributed by atoms with Crippen molar-refractivity contribution in [2.75, 3.05) is 47.3 Å². The molecule has 1 N–H and O–H groups in total. The van der Waals surface area contributed by atoms with Gasteiger partial charge < -0.3 is 15.1 Å². The van der Waals surface area contributed by atoms with Gasteiger partial charge in [0.05, 0.1) is 0 Å². The van der Waals surface area contributed by atoms with Gasteiger partial charge >= 0.3 is 0 Å². The largest absolute Gasteiger partial charge is 0.314 e. The summed E-state index contributed by atoms with van der Waals surface area (Å²) in [6, 6.07) is 0.577. The molecule has 0 atom stereocenters. The summed E-state index contributed by atoms with van der Waals surface area (Å²) < 4.78 is 0. The summed E-state index contributed by atoms with van der Waals surface area (Å²) in [5.74, 6) is 0. The lowest BCUT2D eigenvalue weighted by Gasteiger charge is -2.31. The predicted octanol–water partition coefficient (Wildman–Crippen LogP) is 1.89. The van der Waals surface area contributed by atoms with Crippen LogP contribution in [0.25, 0.3) is 0 Å². The van der Waals surface area contributed by atoms with Gasteiger partial charge in [-0.2, -0.15) is 0 Å². The quantitative estimate of drug-likeness (QED) is 0.667. The Labute approximate surface area is 109 Å². The van der Waals surface area contributed by atoms with Crippen molar-refractivity contribution in [1.82, 2.24) is 15.1 Å². The molecule has 0 aromatic heterocycles. The molecule has 0 aromatic carbocycles. The molecule has 0 bridgehead atoms. The van der Waals surface area contributed by atoms with Crippen LogP contribution in [0.15, 0.2) is 0 Å². The third-order valence-electron chi connectivity index (χ3n) is 2.83. The van der Waals surface area contributed by atoms with Gasteiger partial charge in [0.2, 0.25) is 0 Å². The van der Waals surface area contributed by atoms with Crippen LogP contribution in [-0.2, 0) is 0 Å². The average Bonchev–Trinajstić information content (AvgIpc) is 2.13. The van der Waals surface area contributed by atoms with Crippen molar-refractivity contribution < 1.29 is 0 Å². The Morgan fingerprint density at radius 1 is 1.06 bits per heavy atom. The minimum absolute atomic E-state index is 0.344. The van der Waals surface area contributed by atoms with Crippen LogP contribution < -0.4 is 5.32 Å². The van der Waals surface area contributed by atoms with Crippen LogP contribution >= 0.6 is 0 Å². The molecule has 3 nitrogen and oxygen atoms in total. The first-order chi connectivity index (χ1) is 7.73. The molecular formula is C14H33N3. The summed E-state index contributed by atoms with van der Waals surface area (Å²) in [6.45, 7) is 13.7. The first-order valence-electron chi connectivity index (χ1n) is 6.79. The Kier molecular flexibility index (Phi) is 8.01. The third kappa shape index (κ3) is 10.7. The maximum Gasteiger partial charge on any atom is 0.00418 e. The molecule has 0 aliphatic carbocycles. The average molecular weight is 243 g/mol. The van der Waals surface area contributed by atoms with Crippen LogP contribution in [0.4, 0.5) is 0 Å². The van der Waals surface area contributed by atoms with E-state index in [2.05, 4.69) is 64.0 Å². The minimum Gasteiger partial charge on any atom is -0.314 e. The molecule has 0 aliphatic heterocycles. The van der Waals surface area contributed by atoms with Crippen molar-refractivity contribution in [3.05, 3.63) is 0 Å². The van der Waals surface area contributed by atoms with E-state index >= 15 is 0 Å². The zero-order chi connectivity index (χ0) is 13.5. The highest BCUT2D eigenvalue weighted by atomic mass is 15.1. The summed E-state index contributed by atoms with van der Waals surface area (Å²) in [5, 5.41) is 3.53. The van der Waals surface area contributed by atoms with Gasteiger partial charge in [0.25, 0.3) is 0 Å². The fourth-order valence-electron chi connectivity index (χ4n) is 2.00. The van der Waals surface area contributed by atoms with Crippen molar-refractivity contribution in [2.45, 2.75) is 40.2 Å². The first-order valence-corrected chi connectivity index (χ1v) is 6.79. The van der Waals surface area contributed by atoms with Crippen molar-refractivity contribution in [3.8, 4) is 0 Å². The van der Waals surface area contributed by atoms with Crippen molar-refractivity contribution in [2.24, 2.45) is 5.41 Å². The van der Waals surface area contributed by atoms with Crippen molar-refractivity contribution >= 4 is 0 Å². The van der Waals surface area contributed by atoms with Crippen LogP contribution in [-0.4, -0.2) is 63.2 Å². The van der Waals surface area contributed by atoms with Gasteiger partial charge in [0, 0.05) is 19.1 Å². The van der Waals surface area contributed by atoms with E-state index in [1.807, 2.05) is 0 Å². The molecule has 0 rings (SSSR count). The van der Waals surface area contributed by atoms with Gasteiger partial charge in [-0.15, -0.1) is 0 Å². The zero-order valence-corrected chi connectivity index (χ0v) is 13.0. The smallest absolute Gasteiger partial charge is 0.00418 e. The molecule has 0 radical (unpaired) electrons. The van der Waals surface area contributed by atoms with Crippen molar-refractivity contribution in [3.63, 3.8) is 0 Å². The summed E-state index contributed by atoms with van der Waals surface area (Å²) in [5.41, 5.74) is 0.344. The lowest BCUT2D eigenvalue weighted by molar-refractivity contribution is 0.194. The maximum absolute atomic E-state index is 3.53. The second-order valence-electron chi connectivity index (χ2n) is 6.59. The molecule has 3 heteroatoms. The third-order valence-corrected chi connectivity index (χ3v) is 2.83. The number of nitrogens with one attached hydrogen (secondary N) is 1. The van der Waals surface area contributed by atoms with Crippen molar-refractivity contribution in [1.29, 1.82) is 0 Å². The highest BCUT2D eigenvalue weighted by Gasteiger charge is 2.19. The maximum atomic E-state index is 3.53. The minimum atomic E-state index is 0.344. The Bertz CT molecular complexity index is 188. The molecule has 0 amide bonds. The lowest BCUT2D eigenvalue weighted by atomic mass is 9.92. The molecule has 0 unspecified atom stereocenters. The molecule has 0 saturated carbocycles. The SMILES string of the molecule is CC(C)NCC(C)(C)CN(C)CCCN(C)C. The second-order valence-corrected chi connectivity index (χ2v) is 6.59. The normalized spacial score (nSPS) is 13.1. The van der Waals surface area contributed by atoms with Gasteiger partial charge in [-0.25, -0.2) is 0 Å². The van der Waals surface area contributed by atoms with E-state index in [0.717, 1.165) is 13.1 Å². The standard InChI is InChI=1S/C14H33N3/c1-13(2)15-11-14(3,4)12-17(7)10-8-9-16(5)6/h13,15H,8-12H2,1-7H3. The fraction of sp³-hybridized carbons (Fsp3) is 1.00. The lowest BCUT2D eigenvalue weighted by Crippen LogP contribution is -2.41. The van der Waals surface area contributed by atoms with E-state index in [1.54, 1.807) is 0 Å². The number of rotatable bonds is 9. The highest BCUT2D eigenvalue weighted by molar-refractivity contribution is 4.76. The van der Waals surface area contributed by atoms with Gasteiger partial charge in [0.15, 0.2) is 0 Å². The van der Waals surface area contributed by atoms with E-state index in [4.69, 9.17) is 0 Å². The Morgan fingerprint density at radius 2 is 1.65 bits per heavy atom. The summed E-state index contributed by atoms with van der Waals surface area (Å²) in [6.07, 6.45) is 1.25. The molecule has 0 saturated heterocycles. The van der Waals surface area contributed by atoms with Gasteiger partial charge in [-0.1, -0.05) is 27.7 Å². The Hall–Kier alpha value is -0.120. The van der Waals surface area contributed by atoms with Gasteiger partial charge in [-0.3, -0.25) is 0 Å². The molecular weight excluding hydrogens is 210 g/mol. The van der Waals surface area contributed by atoms with E-state index in [-0.39, 0.29) is 0 Å². The second kappa shape index (κ2) is 8.06. The van der Waals surface area contributed by atoms with E-state index in [0.29, 0.717) is 11.5 Å². The molecule has 0 heterocycles. The molecule has 104 valence electrons. The number of nitrogens with zero attached hydrogens (tertiary/aromatic N) is 2. The molecule has 17 heavy (non-hydrogen) atoms. The fourth-order valence-corrected chi connectivity index (χ4v) is 2.00. The number of hydrogen-bond acceptors (Lipinski definition) is 3. The van der Waals surface area contributed by atoms with E-state index < -0.39 is 0 Å². The highest BCUT2D eigenvalue weighted by Crippen LogP contribution is 2.15. The number of hydrogen-bond donors (Lipinski definition) is 1. The monoisotopic (exact) mass is 243 g/mol.